The maximum atomic E-state index is 10.8. The van der Waals surface area contributed by atoms with Crippen LogP contribution in [0.4, 0.5) is 5.69 Å². The van der Waals surface area contributed by atoms with E-state index < -0.39 is 0 Å². The molecule has 2 aromatic rings. The summed E-state index contributed by atoms with van der Waals surface area (Å²) < 4.78 is 0. The highest BCUT2D eigenvalue weighted by atomic mass is 16.6. The molecule has 0 unspecified atom stereocenters. The van der Waals surface area contributed by atoms with Gasteiger partial charge in [0.2, 0.25) is 0 Å². The average Bonchev–Trinajstić information content (AvgIpc) is 2.92. The minimum atomic E-state index is -0.356. The van der Waals surface area contributed by atoms with E-state index in [9.17, 15) is 10.1 Å². The van der Waals surface area contributed by atoms with Crippen molar-refractivity contribution in [2.45, 2.75) is 19.4 Å². The fourth-order valence-corrected chi connectivity index (χ4v) is 1.79. The molecule has 2 rings (SSSR count). The third-order valence-corrected chi connectivity index (χ3v) is 2.74. The van der Waals surface area contributed by atoms with Crippen LogP contribution < -0.4 is 5.32 Å². The highest BCUT2D eigenvalue weighted by Gasteiger charge is 2.11. The lowest BCUT2D eigenvalue weighted by Gasteiger charge is -2.04. The van der Waals surface area contributed by atoms with Gasteiger partial charge in [0.15, 0.2) is 0 Å². The van der Waals surface area contributed by atoms with Gasteiger partial charge in [0.1, 0.15) is 12.2 Å². The lowest BCUT2D eigenvalue weighted by molar-refractivity contribution is -0.385. The number of aryl methyl sites for hydroxylation is 1. The Morgan fingerprint density at radius 1 is 1.37 bits per heavy atom. The summed E-state index contributed by atoms with van der Waals surface area (Å²) in [5.74, 6) is 0.854. The van der Waals surface area contributed by atoms with Crippen LogP contribution in [0.5, 0.6) is 0 Å². The molecule has 100 valence electrons. The molecule has 0 radical (unpaired) electrons. The molecule has 0 spiro atoms. The molecule has 2 N–H and O–H groups in total. The van der Waals surface area contributed by atoms with Gasteiger partial charge in [0, 0.05) is 24.6 Å². The van der Waals surface area contributed by atoms with E-state index in [-0.39, 0.29) is 10.6 Å². The second-order valence-corrected chi connectivity index (χ2v) is 4.10. The Bertz CT molecular complexity index is 527. The molecule has 0 fully saturated rings. The van der Waals surface area contributed by atoms with Crippen LogP contribution >= 0.6 is 0 Å². The fourth-order valence-electron chi connectivity index (χ4n) is 1.79. The highest BCUT2D eigenvalue weighted by molar-refractivity contribution is 5.39. The van der Waals surface area contributed by atoms with E-state index in [4.69, 9.17) is 0 Å². The molecule has 0 amide bonds. The topological polar surface area (TPSA) is 96.7 Å². The largest absolute Gasteiger partial charge is 0.312 e. The summed E-state index contributed by atoms with van der Waals surface area (Å²) in [6.45, 7) is 1.26. The summed E-state index contributed by atoms with van der Waals surface area (Å²) in [4.78, 5) is 14.5. The predicted molar refractivity (Wildman–Crippen MR) is 69.5 cm³/mol. The van der Waals surface area contributed by atoms with Crippen LogP contribution in [0.15, 0.2) is 30.6 Å². The normalized spacial score (nSPS) is 10.5. The van der Waals surface area contributed by atoms with Gasteiger partial charge in [0.25, 0.3) is 5.69 Å². The molecule has 0 saturated heterocycles. The first kappa shape index (κ1) is 13.2. The average molecular weight is 261 g/mol. The molecular formula is C12H15N5O2. The minimum absolute atomic E-state index is 0.158. The van der Waals surface area contributed by atoms with E-state index in [2.05, 4.69) is 20.5 Å². The zero-order chi connectivity index (χ0) is 13.5. The molecule has 7 heteroatoms. The molecule has 0 saturated carbocycles. The number of hydrogen-bond acceptors (Lipinski definition) is 5. The molecule has 7 nitrogen and oxygen atoms in total. The Balaban J connectivity index is 1.75. The third-order valence-electron chi connectivity index (χ3n) is 2.74. The summed E-state index contributed by atoms with van der Waals surface area (Å²) in [5, 5.41) is 20.6. The molecular weight excluding hydrogens is 246 g/mol. The maximum Gasteiger partial charge on any atom is 0.273 e. The standard InChI is InChI=1S/C12H15N5O2/c18-17(19)11-5-2-1-4-10(11)8-13-7-3-6-12-14-9-15-16-12/h1-2,4-5,9,13H,3,6-8H2,(H,14,15,16). The first-order valence-corrected chi connectivity index (χ1v) is 6.04. The monoisotopic (exact) mass is 261 g/mol. The molecule has 0 bridgehead atoms. The van der Waals surface area contributed by atoms with Crippen LogP contribution in [0.1, 0.15) is 17.8 Å². The molecule has 1 aromatic heterocycles. The summed E-state index contributed by atoms with van der Waals surface area (Å²) in [5.41, 5.74) is 0.859. The Kier molecular flexibility index (Phi) is 4.57. The van der Waals surface area contributed by atoms with E-state index in [0.717, 1.165) is 25.2 Å². The minimum Gasteiger partial charge on any atom is -0.312 e. The third kappa shape index (κ3) is 3.85. The zero-order valence-electron chi connectivity index (χ0n) is 10.4. The lowest BCUT2D eigenvalue weighted by Crippen LogP contribution is -2.16. The van der Waals surface area contributed by atoms with Gasteiger partial charge in [-0.15, -0.1) is 0 Å². The molecule has 1 aromatic carbocycles. The van der Waals surface area contributed by atoms with Gasteiger partial charge in [0.05, 0.1) is 4.92 Å². The molecule has 0 atom stereocenters. The number of aromatic nitrogens is 3. The molecule has 0 aliphatic rings. The van der Waals surface area contributed by atoms with Crippen molar-refractivity contribution >= 4 is 5.69 Å². The molecule has 19 heavy (non-hydrogen) atoms. The number of nitrogens with one attached hydrogen (secondary N) is 2. The number of nitro benzene ring substituents is 1. The summed E-state index contributed by atoms with van der Waals surface area (Å²) in [6.07, 6.45) is 3.19. The smallest absolute Gasteiger partial charge is 0.273 e. The van der Waals surface area contributed by atoms with Crippen LogP contribution in [0.25, 0.3) is 0 Å². The van der Waals surface area contributed by atoms with Crippen LogP contribution in [-0.2, 0) is 13.0 Å². The molecule has 0 aliphatic carbocycles. The Morgan fingerprint density at radius 2 is 2.21 bits per heavy atom. The predicted octanol–water partition coefficient (Wildman–Crippen LogP) is 1.44. The van der Waals surface area contributed by atoms with Crippen molar-refractivity contribution in [3.8, 4) is 0 Å². The van der Waals surface area contributed by atoms with Gasteiger partial charge in [-0.05, 0) is 13.0 Å². The maximum absolute atomic E-state index is 10.8. The molecule has 0 aliphatic heterocycles. The van der Waals surface area contributed by atoms with E-state index in [0.29, 0.717) is 12.1 Å². The van der Waals surface area contributed by atoms with E-state index in [1.807, 2.05) is 0 Å². The number of benzene rings is 1. The number of para-hydroxylation sites is 1. The van der Waals surface area contributed by atoms with Crippen LogP contribution in [0.2, 0.25) is 0 Å². The second-order valence-electron chi connectivity index (χ2n) is 4.10. The number of nitrogens with zero attached hydrogens (tertiary/aromatic N) is 3. The second kappa shape index (κ2) is 6.60. The van der Waals surface area contributed by atoms with Crippen molar-refractivity contribution < 1.29 is 4.92 Å². The molecule has 1 heterocycles. The van der Waals surface area contributed by atoms with Crippen LogP contribution in [0.3, 0.4) is 0 Å². The van der Waals surface area contributed by atoms with Gasteiger partial charge >= 0.3 is 0 Å². The van der Waals surface area contributed by atoms with Gasteiger partial charge < -0.3 is 5.32 Å². The summed E-state index contributed by atoms with van der Waals surface area (Å²) in [6, 6.07) is 6.76. The fraction of sp³-hybridized carbons (Fsp3) is 0.333. The van der Waals surface area contributed by atoms with Gasteiger partial charge in [-0.1, -0.05) is 18.2 Å². The Hall–Kier alpha value is -2.28. The first-order valence-electron chi connectivity index (χ1n) is 6.04. The van der Waals surface area contributed by atoms with E-state index in [1.54, 1.807) is 18.2 Å². The van der Waals surface area contributed by atoms with Crippen molar-refractivity contribution in [2.75, 3.05) is 6.54 Å². The SMILES string of the molecule is O=[N+]([O-])c1ccccc1CNCCCc1ncn[nH]1. The summed E-state index contributed by atoms with van der Waals surface area (Å²) in [7, 11) is 0. The number of H-pyrrole nitrogens is 1. The van der Waals surface area contributed by atoms with Crippen molar-refractivity contribution in [3.05, 3.63) is 52.1 Å². The highest BCUT2D eigenvalue weighted by Crippen LogP contribution is 2.16. The Morgan fingerprint density at radius 3 is 2.95 bits per heavy atom. The Labute approximate surface area is 110 Å². The van der Waals surface area contributed by atoms with Crippen LogP contribution in [0, 0.1) is 10.1 Å². The summed E-state index contributed by atoms with van der Waals surface area (Å²) >= 11 is 0. The van der Waals surface area contributed by atoms with Crippen molar-refractivity contribution in [2.24, 2.45) is 0 Å². The van der Waals surface area contributed by atoms with Crippen molar-refractivity contribution in [3.63, 3.8) is 0 Å². The van der Waals surface area contributed by atoms with Gasteiger partial charge in [-0.25, -0.2) is 4.98 Å². The van der Waals surface area contributed by atoms with Crippen molar-refractivity contribution in [1.82, 2.24) is 20.5 Å². The zero-order valence-corrected chi connectivity index (χ0v) is 10.4. The quantitative estimate of drug-likeness (QED) is 0.446. The number of hydrogen-bond donors (Lipinski definition) is 2. The van der Waals surface area contributed by atoms with Crippen LogP contribution in [-0.4, -0.2) is 26.6 Å². The van der Waals surface area contributed by atoms with E-state index in [1.165, 1.54) is 12.4 Å². The number of aromatic amines is 1. The van der Waals surface area contributed by atoms with Gasteiger partial charge in [-0.3, -0.25) is 15.2 Å². The first-order chi connectivity index (χ1) is 9.27. The lowest BCUT2D eigenvalue weighted by atomic mass is 10.2. The van der Waals surface area contributed by atoms with E-state index >= 15 is 0 Å². The number of rotatable bonds is 7. The number of nitro groups is 1. The van der Waals surface area contributed by atoms with Crippen molar-refractivity contribution in [1.29, 1.82) is 0 Å². The van der Waals surface area contributed by atoms with Gasteiger partial charge in [-0.2, -0.15) is 5.10 Å².